The van der Waals surface area contributed by atoms with Gasteiger partial charge in [0, 0.05) is 11.0 Å². The van der Waals surface area contributed by atoms with Crippen molar-refractivity contribution in [2.24, 2.45) is 0 Å². The van der Waals surface area contributed by atoms with Gasteiger partial charge in [-0.1, -0.05) is 23.9 Å². The molecule has 0 heterocycles. The lowest BCUT2D eigenvalue weighted by molar-refractivity contribution is -0.137. The van der Waals surface area contributed by atoms with Gasteiger partial charge in [-0.05, 0) is 24.5 Å². The molecular weight excluding hydrogens is 240 g/mol. The second kappa shape index (κ2) is 6.75. The number of aromatic carboxylic acids is 1. The van der Waals surface area contributed by atoms with Crippen LogP contribution >= 0.6 is 11.8 Å². The fourth-order valence-electron chi connectivity index (χ4n) is 1.10. The van der Waals surface area contributed by atoms with Crippen molar-refractivity contribution in [3.05, 3.63) is 41.3 Å². The Hall–Kier alpha value is -1.75. The van der Waals surface area contributed by atoms with Crippen molar-refractivity contribution in [1.82, 2.24) is 0 Å². The van der Waals surface area contributed by atoms with E-state index in [0.29, 0.717) is 11.5 Å². The Morgan fingerprint density at radius 2 is 2.12 bits per heavy atom. The Balaban J connectivity index is 2.69. The Morgan fingerprint density at radius 1 is 1.41 bits per heavy atom. The van der Waals surface area contributed by atoms with E-state index in [9.17, 15) is 9.59 Å². The minimum Gasteiger partial charge on any atom is -0.478 e. The van der Waals surface area contributed by atoms with Crippen LogP contribution in [0, 0.1) is 0 Å². The zero-order valence-corrected chi connectivity index (χ0v) is 10.1. The molecule has 0 saturated heterocycles. The Kier molecular flexibility index (Phi) is 5.29. The highest BCUT2D eigenvalue weighted by Gasteiger charge is 2.07. The first-order chi connectivity index (χ1) is 8.15. The molecule has 0 atom stereocenters. The van der Waals surface area contributed by atoms with Gasteiger partial charge in [0.2, 0.25) is 0 Å². The van der Waals surface area contributed by atoms with Gasteiger partial charge in [0.25, 0.3) is 0 Å². The zero-order valence-electron chi connectivity index (χ0n) is 9.25. The molecule has 1 rings (SSSR count). The summed E-state index contributed by atoms with van der Waals surface area (Å²) in [5.41, 5.74) is 0.214. The third kappa shape index (κ3) is 4.32. The van der Waals surface area contributed by atoms with Gasteiger partial charge in [-0.2, -0.15) is 0 Å². The highest BCUT2D eigenvalue weighted by atomic mass is 32.2. The minimum atomic E-state index is -0.988. The lowest BCUT2D eigenvalue weighted by Gasteiger charge is -2.01. The van der Waals surface area contributed by atoms with E-state index in [0.717, 1.165) is 0 Å². The summed E-state index contributed by atoms with van der Waals surface area (Å²) in [4.78, 5) is 22.5. The number of rotatable bonds is 5. The lowest BCUT2D eigenvalue weighted by atomic mass is 10.2. The van der Waals surface area contributed by atoms with Crippen molar-refractivity contribution in [1.29, 1.82) is 0 Å². The van der Waals surface area contributed by atoms with E-state index < -0.39 is 11.9 Å². The van der Waals surface area contributed by atoms with Gasteiger partial charge >= 0.3 is 11.9 Å². The first-order valence-electron chi connectivity index (χ1n) is 4.97. The summed E-state index contributed by atoms with van der Waals surface area (Å²) in [6.45, 7) is 2.04. The normalized spacial score (nSPS) is 10.4. The average Bonchev–Trinajstić information content (AvgIpc) is 2.30. The summed E-state index contributed by atoms with van der Waals surface area (Å²) in [6.07, 6.45) is 1.27. The number of carboxylic acid groups (broad SMARTS) is 1. The van der Waals surface area contributed by atoms with Gasteiger partial charge in [0.05, 0.1) is 12.2 Å². The molecule has 4 nitrogen and oxygen atoms in total. The standard InChI is InChI=1S/C12H12O4S/c1-2-16-11(13)7-8-17-10-6-4-3-5-9(10)12(14)15/h3-8H,2H2,1H3,(H,14,15)/b8-7-. The van der Waals surface area contributed by atoms with Crippen LogP contribution in [-0.4, -0.2) is 23.7 Å². The Bertz CT molecular complexity index is 440. The quantitative estimate of drug-likeness (QED) is 0.495. The van der Waals surface area contributed by atoms with E-state index in [1.165, 1.54) is 29.3 Å². The highest BCUT2D eigenvalue weighted by molar-refractivity contribution is 8.02. The average molecular weight is 252 g/mol. The molecule has 0 bridgehead atoms. The second-order valence-electron chi connectivity index (χ2n) is 2.97. The predicted octanol–water partition coefficient (Wildman–Crippen LogP) is 2.55. The highest BCUT2D eigenvalue weighted by Crippen LogP contribution is 2.23. The van der Waals surface area contributed by atoms with E-state index in [2.05, 4.69) is 0 Å². The largest absolute Gasteiger partial charge is 0.478 e. The van der Waals surface area contributed by atoms with Crippen LogP contribution in [0.3, 0.4) is 0 Å². The molecule has 0 aliphatic heterocycles. The van der Waals surface area contributed by atoms with E-state index >= 15 is 0 Å². The summed E-state index contributed by atoms with van der Waals surface area (Å²) in [6, 6.07) is 6.60. The van der Waals surface area contributed by atoms with Crippen molar-refractivity contribution >= 4 is 23.7 Å². The molecule has 0 aliphatic rings. The van der Waals surface area contributed by atoms with Crippen molar-refractivity contribution < 1.29 is 19.4 Å². The van der Waals surface area contributed by atoms with Crippen LogP contribution in [0.25, 0.3) is 0 Å². The van der Waals surface area contributed by atoms with E-state index in [-0.39, 0.29) is 5.56 Å². The van der Waals surface area contributed by atoms with E-state index in [1.54, 1.807) is 25.1 Å². The van der Waals surface area contributed by atoms with Crippen LogP contribution in [0.15, 0.2) is 40.6 Å². The number of hydrogen-bond donors (Lipinski definition) is 1. The molecule has 0 aliphatic carbocycles. The van der Waals surface area contributed by atoms with Crippen molar-refractivity contribution in [2.75, 3.05) is 6.61 Å². The molecule has 0 radical (unpaired) electrons. The molecule has 1 aromatic rings. The fraction of sp³-hybridized carbons (Fsp3) is 0.167. The first kappa shape index (κ1) is 13.3. The summed E-state index contributed by atoms with van der Waals surface area (Å²) < 4.78 is 4.70. The number of esters is 1. The van der Waals surface area contributed by atoms with Gasteiger partial charge < -0.3 is 9.84 Å². The van der Waals surface area contributed by atoms with Gasteiger partial charge in [0.1, 0.15) is 0 Å². The number of carbonyl (C=O) groups is 2. The monoisotopic (exact) mass is 252 g/mol. The van der Waals surface area contributed by atoms with Crippen molar-refractivity contribution in [3.8, 4) is 0 Å². The van der Waals surface area contributed by atoms with Gasteiger partial charge in [-0.3, -0.25) is 0 Å². The zero-order chi connectivity index (χ0) is 12.7. The third-order valence-electron chi connectivity index (χ3n) is 1.80. The second-order valence-corrected chi connectivity index (χ2v) is 3.92. The van der Waals surface area contributed by atoms with Crippen molar-refractivity contribution in [3.63, 3.8) is 0 Å². The maximum absolute atomic E-state index is 11.0. The van der Waals surface area contributed by atoms with Gasteiger partial charge in [-0.25, -0.2) is 9.59 Å². The maximum atomic E-state index is 11.0. The molecule has 0 spiro atoms. The van der Waals surface area contributed by atoms with Crippen LogP contribution in [0.5, 0.6) is 0 Å². The molecule has 0 amide bonds. The molecule has 0 unspecified atom stereocenters. The molecule has 90 valence electrons. The van der Waals surface area contributed by atoms with Crippen LogP contribution in [0.4, 0.5) is 0 Å². The predicted molar refractivity (Wildman–Crippen MR) is 65.0 cm³/mol. The van der Waals surface area contributed by atoms with Crippen LogP contribution in [0.2, 0.25) is 0 Å². The number of benzene rings is 1. The minimum absolute atomic E-state index is 0.214. The summed E-state index contributed by atoms with van der Waals surface area (Å²) >= 11 is 1.17. The summed E-state index contributed by atoms with van der Waals surface area (Å²) in [5, 5.41) is 10.4. The topological polar surface area (TPSA) is 63.6 Å². The maximum Gasteiger partial charge on any atom is 0.336 e. The van der Waals surface area contributed by atoms with E-state index in [1.807, 2.05) is 0 Å². The van der Waals surface area contributed by atoms with Gasteiger partial charge in [0.15, 0.2) is 0 Å². The summed E-state index contributed by atoms with van der Waals surface area (Å²) in [5.74, 6) is -1.43. The molecule has 0 saturated carbocycles. The number of thioether (sulfide) groups is 1. The molecule has 1 N–H and O–H groups in total. The molecular formula is C12H12O4S. The first-order valence-corrected chi connectivity index (χ1v) is 5.85. The fourth-order valence-corrected chi connectivity index (χ4v) is 1.86. The Labute approximate surface area is 103 Å². The molecule has 0 aromatic heterocycles. The number of carbonyl (C=O) groups excluding carboxylic acids is 1. The number of ether oxygens (including phenoxy) is 1. The summed E-state index contributed by atoms with van der Waals surface area (Å²) in [7, 11) is 0. The Morgan fingerprint density at radius 3 is 2.76 bits per heavy atom. The number of carboxylic acids is 1. The molecule has 1 aromatic carbocycles. The lowest BCUT2D eigenvalue weighted by Crippen LogP contribution is -1.99. The molecule has 5 heteroatoms. The SMILES string of the molecule is CCOC(=O)/C=C\Sc1ccccc1C(=O)O. The van der Waals surface area contributed by atoms with Crippen LogP contribution in [0.1, 0.15) is 17.3 Å². The molecule has 0 fully saturated rings. The van der Waals surface area contributed by atoms with E-state index in [4.69, 9.17) is 9.84 Å². The van der Waals surface area contributed by atoms with Crippen molar-refractivity contribution in [2.45, 2.75) is 11.8 Å². The molecule has 17 heavy (non-hydrogen) atoms. The smallest absolute Gasteiger partial charge is 0.336 e. The van der Waals surface area contributed by atoms with Crippen LogP contribution < -0.4 is 0 Å². The van der Waals surface area contributed by atoms with Gasteiger partial charge in [-0.15, -0.1) is 0 Å². The third-order valence-corrected chi connectivity index (χ3v) is 2.69. The van der Waals surface area contributed by atoms with Crippen LogP contribution in [-0.2, 0) is 9.53 Å². The number of hydrogen-bond acceptors (Lipinski definition) is 4.